The highest BCUT2D eigenvalue weighted by Crippen LogP contribution is 2.37. The Bertz CT molecular complexity index is 448. The van der Waals surface area contributed by atoms with Gasteiger partial charge in [-0.25, -0.2) is 0 Å². The molecule has 19 heavy (non-hydrogen) atoms. The van der Waals surface area contributed by atoms with Crippen molar-refractivity contribution in [3.63, 3.8) is 0 Å². The Hall–Kier alpha value is -1.55. The van der Waals surface area contributed by atoms with Gasteiger partial charge in [-0.2, -0.15) is 0 Å². The van der Waals surface area contributed by atoms with Gasteiger partial charge in [-0.3, -0.25) is 4.79 Å². The van der Waals surface area contributed by atoms with Gasteiger partial charge in [0, 0.05) is 12.1 Å². The molecule has 1 aromatic rings. The summed E-state index contributed by atoms with van der Waals surface area (Å²) < 4.78 is 5.40. The summed E-state index contributed by atoms with van der Waals surface area (Å²) in [6, 6.07) is 7.61. The molecule has 0 bridgehead atoms. The maximum atomic E-state index is 12.3. The quantitative estimate of drug-likeness (QED) is 0.904. The van der Waals surface area contributed by atoms with Gasteiger partial charge in [0.25, 0.3) is 0 Å². The molecule has 1 saturated heterocycles. The summed E-state index contributed by atoms with van der Waals surface area (Å²) in [5, 5.41) is 0. The molecule has 2 N–H and O–H groups in total. The average molecular weight is 262 g/mol. The van der Waals surface area contributed by atoms with Gasteiger partial charge >= 0.3 is 0 Å². The Morgan fingerprint density at radius 1 is 1.53 bits per heavy atom. The van der Waals surface area contributed by atoms with E-state index in [9.17, 15) is 4.79 Å². The lowest BCUT2D eigenvalue weighted by atomic mass is 10.0. The third-order valence-corrected chi connectivity index (χ3v) is 3.79. The molecular formula is C15H22N2O2. The number of rotatable bonds is 4. The number of likely N-dealkylation sites (tertiary alicyclic amines) is 1. The average Bonchev–Trinajstić information content (AvgIpc) is 2.94. The number of amides is 1. The molecule has 1 heterocycles. The van der Waals surface area contributed by atoms with Crippen molar-refractivity contribution in [3.05, 3.63) is 29.8 Å². The lowest BCUT2D eigenvalue weighted by Crippen LogP contribution is -2.43. The van der Waals surface area contributed by atoms with Crippen LogP contribution in [0.5, 0.6) is 5.75 Å². The van der Waals surface area contributed by atoms with Crippen LogP contribution in [0.3, 0.4) is 0 Å². The zero-order chi connectivity index (χ0) is 13.8. The van der Waals surface area contributed by atoms with E-state index in [1.807, 2.05) is 36.1 Å². The summed E-state index contributed by atoms with van der Waals surface area (Å²) in [5.74, 6) is 0.896. The summed E-state index contributed by atoms with van der Waals surface area (Å²) in [7, 11) is 1.66. The zero-order valence-electron chi connectivity index (χ0n) is 11.6. The summed E-state index contributed by atoms with van der Waals surface area (Å²) in [4.78, 5) is 14.2. The number of ether oxygens (including phenoxy) is 1. The predicted octanol–water partition coefficient (Wildman–Crippen LogP) is 2.10. The Morgan fingerprint density at radius 2 is 2.26 bits per heavy atom. The molecule has 4 heteroatoms. The van der Waals surface area contributed by atoms with E-state index in [-0.39, 0.29) is 11.9 Å². The van der Waals surface area contributed by atoms with Gasteiger partial charge in [0.05, 0.1) is 19.2 Å². The van der Waals surface area contributed by atoms with Gasteiger partial charge in [0.15, 0.2) is 0 Å². The fourth-order valence-corrected chi connectivity index (χ4v) is 2.68. The number of hydrogen-bond donors (Lipinski definition) is 1. The molecule has 0 spiro atoms. The third kappa shape index (κ3) is 2.73. The fraction of sp³-hybridized carbons (Fsp3) is 0.533. The number of para-hydroxylation sites is 1. The number of methoxy groups -OCH3 is 1. The van der Waals surface area contributed by atoms with Gasteiger partial charge in [-0.05, 0) is 25.3 Å². The predicted molar refractivity (Wildman–Crippen MR) is 74.9 cm³/mol. The lowest BCUT2D eigenvalue weighted by molar-refractivity contribution is -0.133. The van der Waals surface area contributed by atoms with E-state index in [0.29, 0.717) is 6.42 Å². The van der Waals surface area contributed by atoms with Crippen LogP contribution in [-0.4, -0.2) is 30.5 Å². The Balaban J connectivity index is 2.25. The van der Waals surface area contributed by atoms with E-state index in [1.54, 1.807) is 7.11 Å². The minimum Gasteiger partial charge on any atom is -0.496 e. The highest BCUT2D eigenvalue weighted by molar-refractivity contribution is 5.82. The van der Waals surface area contributed by atoms with Crippen LogP contribution in [0.2, 0.25) is 0 Å². The molecule has 2 atom stereocenters. The molecule has 0 saturated carbocycles. The van der Waals surface area contributed by atoms with Crippen LogP contribution in [-0.2, 0) is 4.79 Å². The van der Waals surface area contributed by atoms with Gasteiger partial charge in [0.2, 0.25) is 5.91 Å². The maximum Gasteiger partial charge on any atom is 0.239 e. The summed E-state index contributed by atoms with van der Waals surface area (Å²) in [6.45, 7) is 2.73. The lowest BCUT2D eigenvalue weighted by Gasteiger charge is -2.28. The van der Waals surface area contributed by atoms with Crippen molar-refractivity contribution in [1.82, 2.24) is 4.90 Å². The minimum absolute atomic E-state index is 0.0518. The molecule has 4 nitrogen and oxygen atoms in total. The molecule has 2 rings (SSSR count). The van der Waals surface area contributed by atoms with Crippen LogP contribution in [0, 0.1) is 0 Å². The van der Waals surface area contributed by atoms with Crippen LogP contribution in [0.4, 0.5) is 0 Å². The highest BCUT2D eigenvalue weighted by atomic mass is 16.5. The molecule has 0 radical (unpaired) electrons. The molecule has 1 aliphatic heterocycles. The third-order valence-electron chi connectivity index (χ3n) is 3.79. The van der Waals surface area contributed by atoms with Crippen molar-refractivity contribution in [1.29, 1.82) is 0 Å². The first-order valence-electron chi connectivity index (χ1n) is 6.88. The molecule has 0 aromatic heterocycles. The monoisotopic (exact) mass is 262 g/mol. The number of benzene rings is 1. The summed E-state index contributed by atoms with van der Waals surface area (Å²) >= 11 is 0. The highest BCUT2D eigenvalue weighted by Gasteiger charge is 2.33. The van der Waals surface area contributed by atoms with Gasteiger partial charge in [0.1, 0.15) is 5.75 Å². The molecule has 0 aliphatic carbocycles. The first kappa shape index (κ1) is 13.9. The first-order chi connectivity index (χ1) is 9.19. The number of carbonyl (C=O) groups is 1. The molecular weight excluding hydrogens is 240 g/mol. The SMILES string of the molecule is CC[C@H](N)C(=O)N1CCC[C@H]1c1ccccc1OC. The van der Waals surface area contributed by atoms with Crippen molar-refractivity contribution in [2.45, 2.75) is 38.3 Å². The Kier molecular flexibility index (Phi) is 4.43. The van der Waals surface area contributed by atoms with Gasteiger partial charge in [-0.15, -0.1) is 0 Å². The second kappa shape index (κ2) is 6.06. The van der Waals surface area contributed by atoms with Crippen molar-refractivity contribution >= 4 is 5.91 Å². The van der Waals surface area contributed by atoms with Gasteiger partial charge < -0.3 is 15.4 Å². The van der Waals surface area contributed by atoms with Crippen LogP contribution >= 0.6 is 0 Å². The number of hydrogen-bond acceptors (Lipinski definition) is 3. The molecule has 1 amide bonds. The minimum atomic E-state index is -0.393. The van der Waals surface area contributed by atoms with E-state index < -0.39 is 6.04 Å². The van der Waals surface area contributed by atoms with Crippen molar-refractivity contribution < 1.29 is 9.53 Å². The topological polar surface area (TPSA) is 55.6 Å². The normalized spacial score (nSPS) is 20.4. The molecule has 0 unspecified atom stereocenters. The van der Waals surface area contributed by atoms with E-state index >= 15 is 0 Å². The molecule has 1 fully saturated rings. The zero-order valence-corrected chi connectivity index (χ0v) is 11.6. The Morgan fingerprint density at radius 3 is 2.95 bits per heavy atom. The summed E-state index contributed by atoms with van der Waals surface area (Å²) in [6.07, 6.45) is 2.67. The van der Waals surface area contributed by atoms with Crippen molar-refractivity contribution in [2.24, 2.45) is 5.73 Å². The number of carbonyl (C=O) groups excluding carboxylic acids is 1. The second-order valence-electron chi connectivity index (χ2n) is 4.95. The smallest absolute Gasteiger partial charge is 0.239 e. The van der Waals surface area contributed by atoms with Crippen molar-refractivity contribution in [3.8, 4) is 5.75 Å². The van der Waals surface area contributed by atoms with E-state index in [0.717, 1.165) is 30.7 Å². The Labute approximate surface area is 114 Å². The van der Waals surface area contributed by atoms with E-state index in [1.165, 1.54) is 0 Å². The van der Waals surface area contributed by atoms with E-state index in [2.05, 4.69) is 0 Å². The molecule has 1 aromatic carbocycles. The number of nitrogens with two attached hydrogens (primary N) is 1. The van der Waals surface area contributed by atoms with Crippen LogP contribution in [0.15, 0.2) is 24.3 Å². The fourth-order valence-electron chi connectivity index (χ4n) is 2.68. The number of nitrogens with zero attached hydrogens (tertiary/aromatic N) is 1. The van der Waals surface area contributed by atoms with Crippen LogP contribution in [0.1, 0.15) is 37.8 Å². The second-order valence-corrected chi connectivity index (χ2v) is 4.95. The largest absolute Gasteiger partial charge is 0.496 e. The first-order valence-corrected chi connectivity index (χ1v) is 6.88. The maximum absolute atomic E-state index is 12.3. The van der Waals surface area contributed by atoms with E-state index in [4.69, 9.17) is 10.5 Å². The molecule has 1 aliphatic rings. The van der Waals surface area contributed by atoms with Crippen molar-refractivity contribution in [2.75, 3.05) is 13.7 Å². The molecule has 104 valence electrons. The van der Waals surface area contributed by atoms with Crippen LogP contribution < -0.4 is 10.5 Å². The van der Waals surface area contributed by atoms with Gasteiger partial charge in [-0.1, -0.05) is 25.1 Å². The summed E-state index contributed by atoms with van der Waals surface area (Å²) in [5.41, 5.74) is 6.97. The van der Waals surface area contributed by atoms with Crippen LogP contribution in [0.25, 0.3) is 0 Å². The standard InChI is InChI=1S/C15H22N2O2/c1-3-12(16)15(18)17-10-6-8-13(17)11-7-4-5-9-14(11)19-2/h4-5,7,9,12-13H,3,6,8,10,16H2,1-2H3/t12-,13-/m0/s1.